The topological polar surface area (TPSA) is 92.9 Å². The van der Waals surface area contributed by atoms with Crippen LogP contribution >= 0.6 is 0 Å². The summed E-state index contributed by atoms with van der Waals surface area (Å²) in [7, 11) is 3.06. The fraction of sp³-hybridized carbons (Fsp3) is 0.211. The molecule has 0 N–H and O–H groups in total. The molecule has 0 atom stereocenters. The molecule has 3 rings (SSSR count). The van der Waals surface area contributed by atoms with Gasteiger partial charge in [0.1, 0.15) is 11.6 Å². The lowest BCUT2D eigenvalue weighted by Gasteiger charge is -2.07. The van der Waals surface area contributed by atoms with Gasteiger partial charge in [0.2, 0.25) is 5.82 Å². The van der Waals surface area contributed by atoms with E-state index in [0.717, 1.165) is 0 Å². The van der Waals surface area contributed by atoms with Gasteiger partial charge in [-0.2, -0.15) is 4.98 Å². The number of nitrogens with zero attached hydrogens (tertiary/aromatic N) is 2. The summed E-state index contributed by atoms with van der Waals surface area (Å²) < 4.78 is 38.5. The first kappa shape index (κ1) is 19.2. The second-order valence-electron chi connectivity index (χ2n) is 5.48. The molecule has 0 unspecified atom stereocenters. The number of methoxy groups -OCH3 is 2. The van der Waals surface area contributed by atoms with E-state index in [2.05, 4.69) is 10.1 Å². The molecular weight excluding hydrogens is 371 g/mol. The molecule has 0 aliphatic carbocycles. The molecule has 8 nitrogen and oxygen atoms in total. The van der Waals surface area contributed by atoms with Crippen molar-refractivity contribution in [2.45, 2.75) is 6.61 Å². The zero-order valence-corrected chi connectivity index (χ0v) is 15.2. The number of esters is 1. The summed E-state index contributed by atoms with van der Waals surface area (Å²) in [5.41, 5.74) is 0.651. The predicted octanol–water partition coefficient (Wildman–Crippen LogP) is 3.02. The van der Waals surface area contributed by atoms with Crippen LogP contribution in [0.3, 0.4) is 0 Å². The molecule has 9 heteroatoms. The largest absolute Gasteiger partial charge is 0.493 e. The van der Waals surface area contributed by atoms with Crippen molar-refractivity contribution >= 4 is 5.97 Å². The molecule has 0 fully saturated rings. The monoisotopic (exact) mass is 388 g/mol. The molecule has 1 aromatic heterocycles. The van der Waals surface area contributed by atoms with Gasteiger partial charge < -0.3 is 23.5 Å². The van der Waals surface area contributed by atoms with Crippen molar-refractivity contribution in [3.8, 4) is 28.6 Å². The Hall–Kier alpha value is -3.62. The fourth-order valence-corrected chi connectivity index (χ4v) is 2.26. The van der Waals surface area contributed by atoms with Gasteiger partial charge in [0, 0.05) is 5.56 Å². The third-order valence-corrected chi connectivity index (χ3v) is 3.64. The Bertz CT molecular complexity index is 942. The highest BCUT2D eigenvalue weighted by molar-refractivity contribution is 5.71. The Morgan fingerprint density at radius 1 is 1.07 bits per heavy atom. The van der Waals surface area contributed by atoms with Crippen LogP contribution in [0.15, 0.2) is 47.0 Å². The average Bonchev–Trinajstić information content (AvgIpc) is 3.20. The van der Waals surface area contributed by atoms with Crippen LogP contribution in [0.25, 0.3) is 11.4 Å². The van der Waals surface area contributed by atoms with E-state index < -0.39 is 11.8 Å². The summed E-state index contributed by atoms with van der Waals surface area (Å²) in [4.78, 5) is 15.9. The lowest BCUT2D eigenvalue weighted by Crippen LogP contribution is -2.14. The van der Waals surface area contributed by atoms with Crippen molar-refractivity contribution in [3.05, 3.63) is 54.2 Å². The van der Waals surface area contributed by atoms with Crippen molar-refractivity contribution in [2.75, 3.05) is 20.8 Å². The van der Waals surface area contributed by atoms with Gasteiger partial charge in [0.05, 0.1) is 14.2 Å². The zero-order chi connectivity index (χ0) is 19.9. The van der Waals surface area contributed by atoms with Crippen molar-refractivity contribution in [1.82, 2.24) is 10.1 Å². The number of rotatable bonds is 8. The predicted molar refractivity (Wildman–Crippen MR) is 94.5 cm³/mol. The first-order chi connectivity index (χ1) is 13.6. The van der Waals surface area contributed by atoms with Crippen molar-refractivity contribution in [1.29, 1.82) is 0 Å². The minimum absolute atomic E-state index is 0.125. The average molecular weight is 388 g/mol. The molecule has 0 spiro atoms. The Morgan fingerprint density at radius 2 is 1.82 bits per heavy atom. The number of carbonyl (C=O) groups is 1. The number of hydrogen-bond acceptors (Lipinski definition) is 8. The molecule has 3 aromatic rings. The van der Waals surface area contributed by atoms with Gasteiger partial charge in [-0.05, 0) is 42.5 Å². The molecule has 2 aromatic carbocycles. The highest BCUT2D eigenvalue weighted by Crippen LogP contribution is 2.31. The van der Waals surface area contributed by atoms with Gasteiger partial charge in [-0.1, -0.05) is 5.16 Å². The van der Waals surface area contributed by atoms with Crippen LogP contribution in [0.2, 0.25) is 0 Å². The lowest BCUT2D eigenvalue weighted by molar-refractivity contribution is -0.148. The SMILES string of the molecule is COc1ccc(-c2noc(COC(=O)COc3ccc(F)cc3)n2)cc1OC. The fourth-order valence-electron chi connectivity index (χ4n) is 2.26. The Morgan fingerprint density at radius 3 is 2.54 bits per heavy atom. The highest BCUT2D eigenvalue weighted by atomic mass is 19.1. The van der Waals surface area contributed by atoms with Crippen LogP contribution in [-0.4, -0.2) is 36.9 Å². The second-order valence-corrected chi connectivity index (χ2v) is 5.48. The van der Waals surface area contributed by atoms with Gasteiger partial charge in [-0.25, -0.2) is 9.18 Å². The van der Waals surface area contributed by atoms with Crippen molar-refractivity contribution in [3.63, 3.8) is 0 Å². The smallest absolute Gasteiger partial charge is 0.344 e. The number of carbonyl (C=O) groups excluding carboxylic acids is 1. The van der Waals surface area contributed by atoms with E-state index in [1.807, 2.05) is 0 Å². The Labute approximate surface area is 159 Å². The van der Waals surface area contributed by atoms with Crippen LogP contribution < -0.4 is 14.2 Å². The Balaban J connectivity index is 1.54. The molecule has 0 aliphatic rings. The quantitative estimate of drug-likeness (QED) is 0.544. The summed E-state index contributed by atoms with van der Waals surface area (Å²) in [6, 6.07) is 10.5. The Kier molecular flexibility index (Phi) is 6.05. The third-order valence-electron chi connectivity index (χ3n) is 3.64. The van der Waals surface area contributed by atoms with Gasteiger partial charge in [0.25, 0.3) is 5.89 Å². The minimum atomic E-state index is -0.629. The summed E-state index contributed by atoms with van der Waals surface area (Å²) in [5.74, 6) is 0.869. The molecule has 0 radical (unpaired) electrons. The van der Waals surface area contributed by atoms with E-state index in [1.54, 1.807) is 18.2 Å². The van der Waals surface area contributed by atoms with E-state index in [9.17, 15) is 9.18 Å². The van der Waals surface area contributed by atoms with Crippen LogP contribution in [0.4, 0.5) is 4.39 Å². The molecular formula is C19H17FN2O6. The summed E-state index contributed by atoms with van der Waals surface area (Å²) in [6.07, 6.45) is 0. The van der Waals surface area contributed by atoms with E-state index in [1.165, 1.54) is 38.5 Å². The minimum Gasteiger partial charge on any atom is -0.493 e. The number of ether oxygens (including phenoxy) is 4. The summed E-state index contributed by atoms with van der Waals surface area (Å²) in [5, 5.41) is 3.86. The van der Waals surface area contributed by atoms with E-state index in [-0.39, 0.29) is 19.1 Å². The molecule has 146 valence electrons. The van der Waals surface area contributed by atoms with Crippen molar-refractivity contribution < 1.29 is 32.7 Å². The molecule has 1 heterocycles. The number of aromatic nitrogens is 2. The first-order valence-electron chi connectivity index (χ1n) is 8.18. The molecule has 0 bridgehead atoms. The lowest BCUT2D eigenvalue weighted by atomic mass is 10.2. The van der Waals surface area contributed by atoms with Crippen molar-refractivity contribution in [2.24, 2.45) is 0 Å². The van der Waals surface area contributed by atoms with Crippen LogP contribution in [0.1, 0.15) is 5.89 Å². The van der Waals surface area contributed by atoms with Crippen LogP contribution in [0, 0.1) is 5.82 Å². The summed E-state index contributed by atoms with van der Waals surface area (Å²) >= 11 is 0. The van der Waals surface area contributed by atoms with Gasteiger partial charge in [-0.15, -0.1) is 0 Å². The van der Waals surface area contributed by atoms with E-state index in [4.69, 9.17) is 23.5 Å². The third kappa shape index (κ3) is 4.76. The first-order valence-corrected chi connectivity index (χ1v) is 8.18. The van der Waals surface area contributed by atoms with Crippen LogP contribution in [0.5, 0.6) is 17.2 Å². The zero-order valence-electron chi connectivity index (χ0n) is 15.2. The maximum absolute atomic E-state index is 12.8. The number of halogens is 1. The second kappa shape index (κ2) is 8.85. The van der Waals surface area contributed by atoms with Gasteiger partial charge in [-0.3, -0.25) is 0 Å². The normalized spacial score (nSPS) is 10.4. The summed E-state index contributed by atoms with van der Waals surface area (Å²) in [6.45, 7) is -0.534. The molecule has 28 heavy (non-hydrogen) atoms. The van der Waals surface area contributed by atoms with Gasteiger partial charge in [0.15, 0.2) is 24.7 Å². The maximum atomic E-state index is 12.8. The van der Waals surface area contributed by atoms with Gasteiger partial charge >= 0.3 is 5.97 Å². The van der Waals surface area contributed by atoms with Crippen LogP contribution in [-0.2, 0) is 16.1 Å². The standard InChI is InChI=1S/C19H17FN2O6/c1-24-15-8-3-12(9-16(15)25-2)19-21-17(28-22-19)10-27-18(23)11-26-14-6-4-13(20)5-7-14/h3-9H,10-11H2,1-2H3. The highest BCUT2D eigenvalue weighted by Gasteiger charge is 2.14. The van der Waals surface area contributed by atoms with E-state index >= 15 is 0 Å². The molecule has 0 saturated heterocycles. The van der Waals surface area contributed by atoms with E-state index in [0.29, 0.717) is 28.6 Å². The molecule has 0 aliphatic heterocycles. The maximum Gasteiger partial charge on any atom is 0.344 e. The number of hydrogen-bond donors (Lipinski definition) is 0. The number of benzene rings is 2. The molecule has 0 saturated carbocycles. The molecule has 0 amide bonds.